The van der Waals surface area contributed by atoms with Crippen LogP contribution >= 0.6 is 11.6 Å². The van der Waals surface area contributed by atoms with Gasteiger partial charge in [0, 0.05) is 5.56 Å². The number of nitrogens with one attached hydrogen (secondary N) is 1. The van der Waals surface area contributed by atoms with Gasteiger partial charge >= 0.3 is 0 Å². The van der Waals surface area contributed by atoms with Gasteiger partial charge in [0.2, 0.25) is 5.29 Å². The molecule has 1 unspecified atom stereocenters. The van der Waals surface area contributed by atoms with Crippen LogP contribution in [0.5, 0.6) is 0 Å². The summed E-state index contributed by atoms with van der Waals surface area (Å²) in [4.78, 5) is 7.70. The first-order valence-corrected chi connectivity index (χ1v) is 11.2. The fraction of sp³-hybridized carbons (Fsp3) is 0.0667. The van der Waals surface area contributed by atoms with Crippen molar-refractivity contribution < 1.29 is 25.9 Å². The van der Waals surface area contributed by atoms with E-state index in [4.69, 9.17) is 27.7 Å². The first kappa shape index (κ1) is 22.1. The molecule has 2 aromatic rings. The molecule has 0 aromatic heterocycles. The molecule has 0 aliphatic carbocycles. The van der Waals surface area contributed by atoms with Crippen molar-refractivity contribution in [1.82, 2.24) is 10.5 Å². The van der Waals surface area contributed by atoms with Crippen LogP contribution in [0.3, 0.4) is 0 Å². The molecule has 0 fully saturated rings. The third kappa shape index (κ3) is 4.44. The number of nitrogens with two attached hydrogens (primary N) is 2. The summed E-state index contributed by atoms with van der Waals surface area (Å²) < 4.78 is 63.4. The van der Waals surface area contributed by atoms with Gasteiger partial charge < -0.3 is 5.73 Å². The smallest absolute Gasteiger partial charge is 0.296 e. The van der Waals surface area contributed by atoms with E-state index >= 15 is 0 Å². The molecule has 1 aliphatic heterocycles. The predicted octanol–water partition coefficient (Wildman–Crippen LogP) is 0.496. The van der Waals surface area contributed by atoms with Gasteiger partial charge in [-0.2, -0.15) is 27.4 Å². The fourth-order valence-corrected chi connectivity index (χ4v) is 3.96. The molecule has 0 saturated carbocycles. The molecule has 2 aromatic carbocycles. The number of amidine groups is 2. The summed E-state index contributed by atoms with van der Waals surface area (Å²) in [6.07, 6.45) is -0.895. The number of aliphatic imine (C=N–C) groups is 2. The van der Waals surface area contributed by atoms with Gasteiger partial charge in [-0.1, -0.05) is 12.1 Å². The number of hydrazine groups is 2. The molecular weight excluding hydrogens is 460 g/mol. The van der Waals surface area contributed by atoms with Crippen molar-refractivity contribution in [3.05, 3.63) is 53.6 Å². The maximum Gasteiger partial charge on any atom is 0.296 e. The quantitative estimate of drug-likeness (QED) is 0.133. The van der Waals surface area contributed by atoms with Gasteiger partial charge in [0.15, 0.2) is 12.0 Å². The van der Waals surface area contributed by atoms with Gasteiger partial charge in [-0.15, -0.1) is 0 Å². The summed E-state index contributed by atoms with van der Waals surface area (Å²) in [5.74, 6) is 5.56. The Morgan fingerprint density at radius 1 is 1.03 bits per heavy atom. The van der Waals surface area contributed by atoms with Crippen molar-refractivity contribution in [2.45, 2.75) is 16.0 Å². The molecule has 0 bridgehead atoms. The first-order valence-electron chi connectivity index (χ1n) is 7.94. The molecular formula is C15H15ClN6O6S2. The van der Waals surface area contributed by atoms with Crippen LogP contribution in [0.4, 0.5) is 5.69 Å². The monoisotopic (exact) mass is 474 g/mol. The third-order valence-electron chi connectivity index (χ3n) is 4.05. The van der Waals surface area contributed by atoms with Crippen LogP contribution < -0.4 is 17.1 Å². The number of anilines is 1. The van der Waals surface area contributed by atoms with Gasteiger partial charge in [-0.3, -0.25) is 14.9 Å². The topological polar surface area (TPSA) is 201 Å². The van der Waals surface area contributed by atoms with Crippen molar-refractivity contribution in [3.8, 4) is 0 Å². The molecule has 15 heteroatoms. The Morgan fingerprint density at radius 2 is 1.67 bits per heavy atom. The van der Waals surface area contributed by atoms with Crippen molar-refractivity contribution in [1.29, 1.82) is 0 Å². The minimum absolute atomic E-state index is 0.0731. The Labute approximate surface area is 176 Å². The van der Waals surface area contributed by atoms with E-state index in [0.717, 1.165) is 6.07 Å². The van der Waals surface area contributed by atoms with Gasteiger partial charge in [0.1, 0.15) is 4.90 Å². The number of nitrogens with zero attached hydrogens (tertiary/aromatic N) is 3. The van der Waals surface area contributed by atoms with Crippen LogP contribution in [0.25, 0.3) is 0 Å². The summed E-state index contributed by atoms with van der Waals surface area (Å²) in [5, 5.41) is 1.06. The Bertz CT molecular complexity index is 1260. The van der Waals surface area contributed by atoms with Crippen molar-refractivity contribution >= 4 is 48.7 Å². The minimum Gasteiger partial charge on any atom is -0.398 e. The molecule has 0 amide bonds. The van der Waals surface area contributed by atoms with E-state index in [9.17, 15) is 21.4 Å². The second kappa shape index (κ2) is 7.92. The van der Waals surface area contributed by atoms with E-state index in [-0.39, 0.29) is 21.7 Å². The predicted molar refractivity (Wildman–Crippen MR) is 109 cm³/mol. The van der Waals surface area contributed by atoms with E-state index in [2.05, 4.69) is 15.5 Å². The molecule has 7 N–H and O–H groups in total. The van der Waals surface area contributed by atoms with Crippen molar-refractivity contribution in [2.24, 2.45) is 15.8 Å². The van der Waals surface area contributed by atoms with Crippen LogP contribution in [-0.4, -0.2) is 42.1 Å². The van der Waals surface area contributed by atoms with Crippen molar-refractivity contribution in [2.75, 3.05) is 5.73 Å². The second-order valence-corrected chi connectivity index (χ2v) is 9.13. The summed E-state index contributed by atoms with van der Waals surface area (Å²) in [6.45, 7) is 0. The highest BCUT2D eigenvalue weighted by Gasteiger charge is 2.28. The van der Waals surface area contributed by atoms with E-state index in [1.165, 1.54) is 41.4 Å². The number of hydrogen-bond acceptors (Lipinski definition) is 10. The normalized spacial score (nSPS) is 17.5. The van der Waals surface area contributed by atoms with E-state index < -0.39 is 31.3 Å². The van der Waals surface area contributed by atoms with E-state index in [0.29, 0.717) is 11.1 Å². The summed E-state index contributed by atoms with van der Waals surface area (Å²) in [6, 6.07) is 8.81. The largest absolute Gasteiger partial charge is 0.398 e. The van der Waals surface area contributed by atoms with Gasteiger partial charge in [-0.05, 0) is 47.5 Å². The van der Waals surface area contributed by atoms with Gasteiger partial charge in [-0.25, -0.2) is 10.0 Å². The molecule has 30 heavy (non-hydrogen) atoms. The Morgan fingerprint density at radius 3 is 2.17 bits per heavy atom. The molecule has 0 saturated heterocycles. The molecule has 1 aliphatic rings. The highest BCUT2D eigenvalue weighted by molar-refractivity contribution is 7.86. The summed E-state index contributed by atoms with van der Waals surface area (Å²) in [5.41, 5.74) is 8.54. The van der Waals surface area contributed by atoms with E-state index in [1.54, 1.807) is 0 Å². The maximum absolute atomic E-state index is 11.3. The minimum atomic E-state index is -4.51. The second-order valence-electron chi connectivity index (χ2n) is 5.98. The van der Waals surface area contributed by atoms with Gasteiger partial charge in [0.05, 0.1) is 10.6 Å². The van der Waals surface area contributed by atoms with E-state index in [1.807, 2.05) is 0 Å². The number of halogens is 1. The molecule has 12 nitrogen and oxygen atoms in total. The van der Waals surface area contributed by atoms with Crippen LogP contribution in [0.2, 0.25) is 0 Å². The van der Waals surface area contributed by atoms with Crippen LogP contribution in [0.1, 0.15) is 17.3 Å². The van der Waals surface area contributed by atoms with Crippen molar-refractivity contribution in [3.63, 3.8) is 0 Å². The lowest BCUT2D eigenvalue weighted by Crippen LogP contribution is -2.48. The standard InChI is InChI=1S/C15H15ClN6O6S2/c16-15-20-13(9-3-6-12(11(17)7-9)30(26,27)28)19-14(22(15)21-18)8-1-4-10(5-2-8)29(23,24)25/h1-7,14,21H,17-18H2,(H,23,24,25)(H,26,27,28). The van der Waals surface area contributed by atoms with Crippen LogP contribution in [0, 0.1) is 0 Å². The highest BCUT2D eigenvalue weighted by atomic mass is 35.5. The Kier molecular flexibility index (Phi) is 5.83. The summed E-state index contributed by atoms with van der Waals surface area (Å²) in [7, 11) is -8.88. The molecule has 1 atom stereocenters. The number of benzene rings is 2. The zero-order chi connectivity index (χ0) is 22.3. The number of rotatable bonds is 5. The average Bonchev–Trinajstić information content (AvgIpc) is 2.65. The molecule has 3 rings (SSSR count). The zero-order valence-corrected chi connectivity index (χ0v) is 17.2. The SMILES string of the molecule is NNN1C(Cl)=NC(c2ccc(S(=O)(=O)O)c(N)c2)=NC1c1ccc(S(=O)(=O)O)cc1. The lowest BCUT2D eigenvalue weighted by atomic mass is 10.1. The summed E-state index contributed by atoms with van der Waals surface area (Å²) >= 11 is 6.17. The zero-order valence-electron chi connectivity index (χ0n) is 14.8. The molecule has 0 radical (unpaired) electrons. The maximum atomic E-state index is 11.3. The lowest BCUT2D eigenvalue weighted by Gasteiger charge is -2.31. The molecule has 160 valence electrons. The third-order valence-corrected chi connectivity index (χ3v) is 6.11. The number of hydrogen-bond donors (Lipinski definition) is 5. The number of nitrogen functional groups attached to an aromatic ring is 1. The fourth-order valence-electron chi connectivity index (χ4n) is 2.67. The van der Waals surface area contributed by atoms with Gasteiger partial charge in [0.25, 0.3) is 20.2 Å². The van der Waals surface area contributed by atoms with Crippen LogP contribution in [0.15, 0.2) is 62.2 Å². The molecule has 1 heterocycles. The Balaban J connectivity index is 2.06. The average molecular weight is 475 g/mol. The molecule has 0 spiro atoms. The highest BCUT2D eigenvalue weighted by Crippen LogP contribution is 2.29. The first-order chi connectivity index (χ1) is 13.9. The Hall–Kier alpha value is -2.59. The lowest BCUT2D eigenvalue weighted by molar-refractivity contribution is 0.240. The van der Waals surface area contributed by atoms with Crippen LogP contribution in [-0.2, 0) is 20.2 Å².